The Morgan fingerprint density at radius 2 is 1.94 bits per heavy atom. The normalized spacial score (nSPS) is 19.7. The number of carbonyl (C=O) groups is 1. The van der Waals surface area contributed by atoms with E-state index in [1.54, 1.807) is 23.3 Å². The number of nitrogens with one attached hydrogen (secondary N) is 2. The van der Waals surface area contributed by atoms with Crippen LogP contribution in [0.1, 0.15) is 5.56 Å². The number of ether oxygens (including phenoxy) is 1. The second kappa shape index (κ2) is 9.13. The summed E-state index contributed by atoms with van der Waals surface area (Å²) in [6.07, 6.45) is 4.97. The fraction of sp³-hybridized carbons (Fsp3) is 0.364. The van der Waals surface area contributed by atoms with Crippen LogP contribution in [0.2, 0.25) is 5.02 Å². The predicted octanol–water partition coefficient (Wildman–Crippen LogP) is 2.79. The molecule has 2 unspecified atom stereocenters. The molecule has 2 aromatic heterocycles. The number of halogens is 1. The quantitative estimate of drug-likeness (QED) is 0.567. The van der Waals surface area contributed by atoms with Crippen LogP contribution in [-0.2, 0) is 22.6 Å². The Morgan fingerprint density at radius 1 is 1.16 bits per heavy atom. The van der Waals surface area contributed by atoms with Crippen LogP contribution in [0.3, 0.4) is 0 Å². The first kappa shape index (κ1) is 20.7. The molecule has 5 rings (SSSR count). The number of likely N-dealkylation sites (tertiary alicyclic amines) is 1. The first-order valence-electron chi connectivity index (χ1n) is 10.6. The summed E-state index contributed by atoms with van der Waals surface area (Å²) in [5.74, 6) is 1.95. The van der Waals surface area contributed by atoms with Gasteiger partial charge in [0.25, 0.3) is 0 Å². The van der Waals surface area contributed by atoms with Crippen LogP contribution >= 0.6 is 11.6 Å². The maximum Gasteiger partial charge on any atom is 0.244 e. The van der Waals surface area contributed by atoms with Gasteiger partial charge in [0, 0.05) is 37.7 Å². The van der Waals surface area contributed by atoms with E-state index < -0.39 is 0 Å². The number of anilines is 3. The summed E-state index contributed by atoms with van der Waals surface area (Å²) >= 11 is 6.24. The molecule has 9 nitrogen and oxygen atoms in total. The van der Waals surface area contributed by atoms with Gasteiger partial charge in [0.05, 0.1) is 31.3 Å². The van der Waals surface area contributed by atoms with E-state index in [1.807, 2.05) is 35.2 Å². The van der Waals surface area contributed by atoms with Gasteiger partial charge in [-0.15, -0.1) is 0 Å². The molecule has 2 N–H and O–H groups in total. The SMILES string of the molecule is O=C(Cn1cc(Nc2ncc(Cl)c(NCc3ccccc3)n2)cn1)N1CC2COCC2C1. The van der Waals surface area contributed by atoms with Gasteiger partial charge >= 0.3 is 0 Å². The first-order chi connectivity index (χ1) is 15.6. The largest absolute Gasteiger partial charge is 0.381 e. The highest BCUT2D eigenvalue weighted by Gasteiger charge is 2.38. The molecule has 1 amide bonds. The average Bonchev–Trinajstić information content (AvgIpc) is 3.52. The third-order valence-electron chi connectivity index (χ3n) is 5.83. The van der Waals surface area contributed by atoms with E-state index in [1.165, 1.54) is 0 Å². The Morgan fingerprint density at radius 3 is 2.72 bits per heavy atom. The third-order valence-corrected chi connectivity index (χ3v) is 6.10. The van der Waals surface area contributed by atoms with Gasteiger partial charge in [-0.25, -0.2) is 4.98 Å². The number of carbonyl (C=O) groups excluding carboxylic acids is 1. The van der Waals surface area contributed by atoms with Crippen molar-refractivity contribution in [2.45, 2.75) is 13.1 Å². The number of nitrogens with zero attached hydrogens (tertiary/aromatic N) is 5. The maximum absolute atomic E-state index is 12.6. The highest BCUT2D eigenvalue weighted by Crippen LogP contribution is 2.29. The summed E-state index contributed by atoms with van der Waals surface area (Å²) in [4.78, 5) is 23.3. The molecule has 2 saturated heterocycles. The molecule has 0 spiro atoms. The predicted molar refractivity (Wildman–Crippen MR) is 121 cm³/mol. The summed E-state index contributed by atoms with van der Waals surface area (Å²) in [5, 5.41) is 11.1. The minimum atomic E-state index is 0.0733. The molecule has 3 aromatic rings. The lowest BCUT2D eigenvalue weighted by Gasteiger charge is -2.17. The van der Waals surface area contributed by atoms with Gasteiger partial charge in [-0.1, -0.05) is 41.9 Å². The number of aromatic nitrogens is 4. The average molecular weight is 454 g/mol. The molecule has 10 heteroatoms. The van der Waals surface area contributed by atoms with Crippen molar-refractivity contribution >= 4 is 35.0 Å². The number of amides is 1. The van der Waals surface area contributed by atoms with Gasteiger partial charge in [0.2, 0.25) is 11.9 Å². The van der Waals surface area contributed by atoms with Crippen LogP contribution in [0.5, 0.6) is 0 Å². The van der Waals surface area contributed by atoms with Crippen LogP contribution in [0.25, 0.3) is 0 Å². The molecule has 0 radical (unpaired) electrons. The Kier molecular flexibility index (Phi) is 5.91. The number of hydrogen-bond acceptors (Lipinski definition) is 7. The van der Waals surface area contributed by atoms with E-state index in [0.29, 0.717) is 40.9 Å². The van der Waals surface area contributed by atoms with Crippen LogP contribution in [0.15, 0.2) is 48.9 Å². The molecule has 4 heterocycles. The van der Waals surface area contributed by atoms with E-state index in [9.17, 15) is 4.79 Å². The van der Waals surface area contributed by atoms with Crippen molar-refractivity contribution in [2.24, 2.45) is 11.8 Å². The van der Waals surface area contributed by atoms with Gasteiger partial charge in [-0.05, 0) is 5.56 Å². The number of rotatable bonds is 7. The minimum Gasteiger partial charge on any atom is -0.381 e. The van der Waals surface area contributed by atoms with Crippen molar-refractivity contribution in [3.8, 4) is 0 Å². The number of benzene rings is 1. The van der Waals surface area contributed by atoms with Crippen molar-refractivity contribution in [3.63, 3.8) is 0 Å². The number of hydrogen-bond donors (Lipinski definition) is 2. The molecular weight excluding hydrogens is 430 g/mol. The van der Waals surface area contributed by atoms with Crippen molar-refractivity contribution < 1.29 is 9.53 Å². The highest BCUT2D eigenvalue weighted by atomic mass is 35.5. The van der Waals surface area contributed by atoms with Gasteiger partial charge in [0.15, 0.2) is 5.82 Å². The Balaban J connectivity index is 1.18. The van der Waals surface area contributed by atoms with Crippen LogP contribution in [-0.4, -0.2) is 56.9 Å². The molecule has 2 aliphatic heterocycles. The van der Waals surface area contributed by atoms with Crippen LogP contribution < -0.4 is 10.6 Å². The van der Waals surface area contributed by atoms with Gasteiger partial charge in [-0.2, -0.15) is 10.1 Å². The monoisotopic (exact) mass is 453 g/mol. The standard InChI is InChI=1S/C22H24ClN7O2/c23-19-8-25-22(28-21(19)24-6-15-4-2-1-3-5-15)27-18-7-26-30(11-18)12-20(31)29-9-16-13-32-14-17(16)10-29/h1-5,7-8,11,16-17H,6,9-10,12-14H2,(H2,24,25,27,28). The zero-order valence-corrected chi connectivity index (χ0v) is 18.2. The van der Waals surface area contributed by atoms with Gasteiger partial charge in [0.1, 0.15) is 11.6 Å². The van der Waals surface area contributed by atoms with Crippen LogP contribution in [0, 0.1) is 11.8 Å². The summed E-state index contributed by atoms with van der Waals surface area (Å²) in [6, 6.07) is 10.00. The van der Waals surface area contributed by atoms with Crippen molar-refractivity contribution in [1.29, 1.82) is 0 Å². The lowest BCUT2D eigenvalue weighted by atomic mass is 10.0. The molecule has 2 fully saturated rings. The second-order valence-corrected chi connectivity index (χ2v) is 8.54. The van der Waals surface area contributed by atoms with Crippen LogP contribution in [0.4, 0.5) is 17.5 Å². The zero-order valence-electron chi connectivity index (χ0n) is 17.4. The Bertz CT molecular complexity index is 1080. The Hall–Kier alpha value is -3.17. The van der Waals surface area contributed by atoms with E-state index in [-0.39, 0.29) is 12.5 Å². The van der Waals surface area contributed by atoms with E-state index in [4.69, 9.17) is 16.3 Å². The molecule has 0 aliphatic carbocycles. The van der Waals surface area contributed by atoms with Crippen molar-refractivity contribution in [2.75, 3.05) is 36.9 Å². The summed E-state index contributed by atoms with van der Waals surface area (Å²) in [7, 11) is 0. The third kappa shape index (κ3) is 4.68. The fourth-order valence-electron chi connectivity index (χ4n) is 4.11. The van der Waals surface area contributed by atoms with E-state index >= 15 is 0 Å². The molecule has 0 bridgehead atoms. The lowest BCUT2D eigenvalue weighted by Crippen LogP contribution is -2.33. The zero-order chi connectivity index (χ0) is 21.9. The second-order valence-electron chi connectivity index (χ2n) is 8.14. The summed E-state index contributed by atoms with van der Waals surface area (Å²) in [6.45, 7) is 3.86. The summed E-state index contributed by atoms with van der Waals surface area (Å²) < 4.78 is 7.11. The topological polar surface area (TPSA) is 97.2 Å². The molecule has 166 valence electrons. The molecule has 2 atom stereocenters. The molecule has 0 saturated carbocycles. The maximum atomic E-state index is 12.6. The first-order valence-corrected chi connectivity index (χ1v) is 11.0. The van der Waals surface area contributed by atoms with Crippen molar-refractivity contribution in [3.05, 3.63) is 59.5 Å². The van der Waals surface area contributed by atoms with E-state index in [2.05, 4.69) is 25.7 Å². The molecular formula is C22H24ClN7O2. The smallest absolute Gasteiger partial charge is 0.244 e. The highest BCUT2D eigenvalue weighted by molar-refractivity contribution is 6.32. The lowest BCUT2D eigenvalue weighted by molar-refractivity contribution is -0.131. The van der Waals surface area contributed by atoms with Gasteiger partial charge in [-0.3, -0.25) is 9.48 Å². The van der Waals surface area contributed by atoms with Gasteiger partial charge < -0.3 is 20.3 Å². The molecule has 2 aliphatic rings. The molecule has 32 heavy (non-hydrogen) atoms. The minimum absolute atomic E-state index is 0.0733. The Labute approximate surface area is 190 Å². The number of fused-ring (bicyclic) bond motifs is 1. The fourth-order valence-corrected chi connectivity index (χ4v) is 4.26. The molecule has 1 aromatic carbocycles. The summed E-state index contributed by atoms with van der Waals surface area (Å²) in [5.41, 5.74) is 1.82. The van der Waals surface area contributed by atoms with E-state index in [0.717, 1.165) is 31.9 Å². The van der Waals surface area contributed by atoms with Crippen molar-refractivity contribution in [1.82, 2.24) is 24.6 Å².